The average molecular weight is 242 g/mol. The van der Waals surface area contributed by atoms with E-state index in [4.69, 9.17) is 0 Å². The van der Waals surface area contributed by atoms with Crippen molar-refractivity contribution in [2.24, 2.45) is 0 Å². The lowest BCUT2D eigenvalue weighted by Gasteiger charge is -1.67. The van der Waals surface area contributed by atoms with E-state index in [0.717, 1.165) is 4.90 Å². The van der Waals surface area contributed by atoms with Crippen molar-refractivity contribution in [2.45, 2.75) is 4.90 Å². The second kappa shape index (κ2) is 2.37. The molecule has 0 aliphatic carbocycles. The van der Waals surface area contributed by atoms with Gasteiger partial charge in [-0.15, -0.1) is 24.0 Å². The maximum absolute atomic E-state index is 4.11. The van der Waals surface area contributed by atoms with Gasteiger partial charge in [0.2, 0.25) is 0 Å². The molecule has 0 saturated heterocycles. The molecule has 1 heterocycles. The van der Waals surface area contributed by atoms with E-state index in [1.807, 2.05) is 11.4 Å². The second-order valence-electron chi connectivity index (χ2n) is 1.11. The number of thiophene rings is 1. The largest absolute Gasteiger partial charge is 0.143 e. The van der Waals surface area contributed by atoms with Crippen LogP contribution >= 0.6 is 46.6 Å². The highest BCUT2D eigenvalue weighted by Crippen LogP contribution is 2.18. The van der Waals surface area contributed by atoms with Crippen LogP contribution in [-0.4, -0.2) is 0 Å². The summed E-state index contributed by atoms with van der Waals surface area (Å²) in [6.07, 6.45) is 0. The van der Waals surface area contributed by atoms with Gasteiger partial charge in [-0.3, -0.25) is 0 Å². The molecule has 1 aromatic rings. The summed E-state index contributed by atoms with van der Waals surface area (Å²) in [6, 6.07) is 2.04. The highest BCUT2D eigenvalue weighted by molar-refractivity contribution is 14.1. The molecule has 1 rings (SSSR count). The predicted molar refractivity (Wildman–Crippen MR) is 44.3 cm³/mol. The molecule has 0 aliphatic heterocycles. The van der Waals surface area contributed by atoms with Gasteiger partial charge in [-0.1, -0.05) is 0 Å². The Labute approximate surface area is 65.5 Å². The Kier molecular flexibility index (Phi) is 2.00. The highest BCUT2D eigenvalue weighted by atomic mass is 127. The maximum Gasteiger partial charge on any atom is 0.0664 e. The van der Waals surface area contributed by atoms with Crippen LogP contribution in [0.4, 0.5) is 0 Å². The number of hydrogen-bond donors (Lipinski definition) is 1. The van der Waals surface area contributed by atoms with Crippen LogP contribution in [0.15, 0.2) is 16.3 Å². The molecule has 0 atom stereocenters. The predicted octanol–water partition coefficient (Wildman–Crippen LogP) is 2.64. The third kappa shape index (κ3) is 1.62. The van der Waals surface area contributed by atoms with E-state index in [2.05, 4.69) is 35.2 Å². The first-order valence-electron chi connectivity index (χ1n) is 1.72. The fourth-order valence-corrected chi connectivity index (χ4v) is 2.14. The summed E-state index contributed by atoms with van der Waals surface area (Å²) in [6.45, 7) is 0. The first-order valence-corrected chi connectivity index (χ1v) is 4.12. The third-order valence-corrected chi connectivity index (χ3v) is 2.78. The van der Waals surface area contributed by atoms with Gasteiger partial charge in [0.1, 0.15) is 0 Å². The van der Waals surface area contributed by atoms with Crippen LogP contribution in [-0.2, 0) is 0 Å². The van der Waals surface area contributed by atoms with Gasteiger partial charge >= 0.3 is 0 Å². The summed E-state index contributed by atoms with van der Waals surface area (Å²) in [7, 11) is 0. The summed E-state index contributed by atoms with van der Waals surface area (Å²) in [5.41, 5.74) is 0. The normalized spacial score (nSPS) is 9.43. The minimum atomic E-state index is 1.06. The highest BCUT2D eigenvalue weighted by Gasteiger charge is 1.87. The third-order valence-electron chi connectivity index (χ3n) is 0.554. The molecule has 0 aromatic carbocycles. The van der Waals surface area contributed by atoms with Crippen LogP contribution in [0.25, 0.3) is 0 Å². The van der Waals surface area contributed by atoms with E-state index in [-0.39, 0.29) is 0 Å². The summed E-state index contributed by atoms with van der Waals surface area (Å²) < 4.78 is 1.29. The molecule has 38 valence electrons. The fraction of sp³-hybridized carbons (Fsp3) is 0. The molecular weight excluding hydrogens is 239 g/mol. The SMILES string of the molecule is Sc1csc(I)c1. The molecule has 7 heavy (non-hydrogen) atoms. The van der Waals surface area contributed by atoms with Crippen LogP contribution in [0.3, 0.4) is 0 Å². The van der Waals surface area contributed by atoms with Gasteiger partial charge in [-0.05, 0) is 28.7 Å². The fourth-order valence-electron chi connectivity index (χ4n) is 0.301. The van der Waals surface area contributed by atoms with Gasteiger partial charge in [0.25, 0.3) is 0 Å². The smallest absolute Gasteiger partial charge is 0.0664 e. The molecule has 0 spiro atoms. The minimum Gasteiger partial charge on any atom is -0.143 e. The standard InChI is InChI=1S/C4H3IS2/c5-4-1-3(6)2-7-4/h1-2,6H. The van der Waals surface area contributed by atoms with Gasteiger partial charge < -0.3 is 0 Å². The zero-order chi connectivity index (χ0) is 5.28. The molecule has 0 unspecified atom stereocenters. The Morgan fingerprint density at radius 3 is 2.57 bits per heavy atom. The van der Waals surface area contributed by atoms with Gasteiger partial charge in [-0.2, -0.15) is 0 Å². The molecule has 1 aromatic heterocycles. The topological polar surface area (TPSA) is 0 Å². The Morgan fingerprint density at radius 1 is 1.71 bits per heavy atom. The van der Waals surface area contributed by atoms with Gasteiger partial charge in [0.05, 0.1) is 2.88 Å². The molecular formula is C4H3IS2. The summed E-state index contributed by atoms with van der Waals surface area (Å²) in [5, 5.41) is 2.02. The molecule has 0 saturated carbocycles. The molecule has 0 fully saturated rings. The molecule has 0 bridgehead atoms. The summed E-state index contributed by atoms with van der Waals surface area (Å²) in [4.78, 5) is 1.06. The van der Waals surface area contributed by atoms with Crippen LogP contribution < -0.4 is 0 Å². The number of rotatable bonds is 0. The van der Waals surface area contributed by atoms with Crippen LogP contribution in [0.1, 0.15) is 0 Å². The van der Waals surface area contributed by atoms with Crippen molar-refractivity contribution in [2.75, 3.05) is 0 Å². The molecule has 0 N–H and O–H groups in total. The van der Waals surface area contributed by atoms with Crippen molar-refractivity contribution in [1.29, 1.82) is 0 Å². The quantitative estimate of drug-likeness (QED) is 0.524. The van der Waals surface area contributed by atoms with Crippen molar-refractivity contribution >= 4 is 46.6 Å². The molecule has 0 radical (unpaired) electrons. The van der Waals surface area contributed by atoms with Crippen molar-refractivity contribution in [3.05, 3.63) is 14.3 Å². The zero-order valence-electron chi connectivity index (χ0n) is 3.39. The molecule has 0 nitrogen and oxygen atoms in total. The zero-order valence-corrected chi connectivity index (χ0v) is 7.26. The van der Waals surface area contributed by atoms with E-state index in [1.165, 1.54) is 2.88 Å². The number of halogens is 1. The maximum atomic E-state index is 4.11. The van der Waals surface area contributed by atoms with Crippen molar-refractivity contribution in [1.82, 2.24) is 0 Å². The molecule has 3 heteroatoms. The van der Waals surface area contributed by atoms with Gasteiger partial charge in [-0.25, -0.2) is 0 Å². The van der Waals surface area contributed by atoms with E-state index < -0.39 is 0 Å². The van der Waals surface area contributed by atoms with Crippen LogP contribution in [0.2, 0.25) is 0 Å². The minimum absolute atomic E-state index is 1.06. The number of hydrogen-bond acceptors (Lipinski definition) is 2. The summed E-state index contributed by atoms with van der Waals surface area (Å²) >= 11 is 8.10. The second-order valence-corrected chi connectivity index (χ2v) is 4.43. The van der Waals surface area contributed by atoms with E-state index in [1.54, 1.807) is 11.3 Å². The van der Waals surface area contributed by atoms with Crippen molar-refractivity contribution in [3.63, 3.8) is 0 Å². The Bertz CT molecular complexity index is 142. The van der Waals surface area contributed by atoms with E-state index in [9.17, 15) is 0 Å². The van der Waals surface area contributed by atoms with Crippen LogP contribution in [0.5, 0.6) is 0 Å². The van der Waals surface area contributed by atoms with E-state index >= 15 is 0 Å². The lowest BCUT2D eigenvalue weighted by molar-refractivity contribution is 1.60. The molecule has 0 aliphatic rings. The average Bonchev–Trinajstić information content (AvgIpc) is 1.87. The lowest BCUT2D eigenvalue weighted by Crippen LogP contribution is -1.45. The first-order chi connectivity index (χ1) is 3.29. The monoisotopic (exact) mass is 242 g/mol. The Morgan fingerprint density at radius 2 is 2.43 bits per heavy atom. The van der Waals surface area contributed by atoms with Crippen molar-refractivity contribution in [3.8, 4) is 0 Å². The molecule has 0 amide bonds. The Balaban J connectivity index is 3.04. The van der Waals surface area contributed by atoms with Gasteiger partial charge in [0, 0.05) is 10.3 Å². The summed E-state index contributed by atoms with van der Waals surface area (Å²) in [5.74, 6) is 0. The van der Waals surface area contributed by atoms with Crippen LogP contribution in [0, 0.1) is 2.88 Å². The lowest BCUT2D eigenvalue weighted by atomic mass is 10.7. The van der Waals surface area contributed by atoms with Crippen molar-refractivity contribution < 1.29 is 0 Å². The first kappa shape index (κ1) is 5.91. The number of thiol groups is 1. The van der Waals surface area contributed by atoms with E-state index in [0.29, 0.717) is 0 Å². The van der Waals surface area contributed by atoms with Gasteiger partial charge in [0.15, 0.2) is 0 Å². The Hall–Kier alpha value is 0.780.